The Morgan fingerprint density at radius 2 is 2.10 bits per heavy atom. The maximum absolute atomic E-state index is 5.44. The number of aromatic nitrogens is 2. The Hall–Kier alpha value is -2.04. The molecule has 0 bridgehead atoms. The van der Waals surface area contributed by atoms with Gasteiger partial charge in [-0.1, -0.05) is 13.8 Å². The van der Waals surface area contributed by atoms with Crippen LogP contribution in [0.15, 0.2) is 28.9 Å². The predicted octanol–water partition coefficient (Wildman–Crippen LogP) is 3.48. The molecule has 0 spiro atoms. The quantitative estimate of drug-likeness (QED) is 0.806. The second-order valence-corrected chi connectivity index (χ2v) is 4.90. The molecule has 21 heavy (non-hydrogen) atoms. The van der Waals surface area contributed by atoms with E-state index in [-0.39, 0.29) is 0 Å². The maximum Gasteiger partial charge on any atom is 0.134 e. The van der Waals surface area contributed by atoms with Crippen LogP contribution >= 0.6 is 0 Å². The van der Waals surface area contributed by atoms with Gasteiger partial charge in [-0.15, -0.1) is 0 Å². The number of furan rings is 1. The molecule has 0 saturated carbocycles. The third kappa shape index (κ3) is 4.21. The summed E-state index contributed by atoms with van der Waals surface area (Å²) in [7, 11) is 0. The van der Waals surface area contributed by atoms with Crippen LogP contribution in [0, 0.1) is 0 Å². The van der Waals surface area contributed by atoms with E-state index in [0.29, 0.717) is 0 Å². The average molecular weight is 288 g/mol. The van der Waals surface area contributed by atoms with E-state index in [1.165, 1.54) is 0 Å². The average Bonchev–Trinajstić information content (AvgIpc) is 3.03. The van der Waals surface area contributed by atoms with Crippen LogP contribution in [0.3, 0.4) is 0 Å². The minimum Gasteiger partial charge on any atom is -0.467 e. The first-order valence-electron chi connectivity index (χ1n) is 7.65. The van der Waals surface area contributed by atoms with Crippen molar-refractivity contribution in [1.82, 2.24) is 9.97 Å². The fraction of sp³-hybridized carbons (Fsp3) is 0.500. The lowest BCUT2D eigenvalue weighted by Crippen LogP contribution is -2.23. The van der Waals surface area contributed by atoms with Gasteiger partial charge in [0.05, 0.1) is 12.8 Å². The van der Waals surface area contributed by atoms with Crippen molar-refractivity contribution in [2.75, 3.05) is 23.3 Å². The molecule has 0 fully saturated rings. The highest BCUT2D eigenvalue weighted by atomic mass is 16.3. The molecule has 0 aliphatic rings. The van der Waals surface area contributed by atoms with Crippen LogP contribution < -0.4 is 10.2 Å². The van der Waals surface area contributed by atoms with Gasteiger partial charge in [0.2, 0.25) is 0 Å². The van der Waals surface area contributed by atoms with Gasteiger partial charge in [0.1, 0.15) is 23.2 Å². The van der Waals surface area contributed by atoms with Gasteiger partial charge < -0.3 is 14.6 Å². The van der Waals surface area contributed by atoms with Crippen LogP contribution in [0.5, 0.6) is 0 Å². The molecule has 1 N–H and O–H groups in total. The van der Waals surface area contributed by atoms with Crippen LogP contribution in [0.25, 0.3) is 0 Å². The lowest BCUT2D eigenvalue weighted by atomic mass is 10.3. The molecule has 0 aliphatic carbocycles. The first-order chi connectivity index (χ1) is 10.3. The third-order valence-electron chi connectivity index (χ3n) is 3.26. The van der Waals surface area contributed by atoms with Crippen molar-refractivity contribution in [3.05, 3.63) is 36.0 Å². The Morgan fingerprint density at radius 1 is 1.24 bits per heavy atom. The fourth-order valence-electron chi connectivity index (χ4n) is 2.09. The molecule has 2 heterocycles. The monoisotopic (exact) mass is 288 g/mol. The lowest BCUT2D eigenvalue weighted by Gasteiger charge is -2.22. The van der Waals surface area contributed by atoms with Gasteiger partial charge in [-0.3, -0.25) is 0 Å². The summed E-state index contributed by atoms with van der Waals surface area (Å²) >= 11 is 0. The van der Waals surface area contributed by atoms with E-state index in [2.05, 4.69) is 41.0 Å². The van der Waals surface area contributed by atoms with E-state index in [9.17, 15) is 0 Å². The van der Waals surface area contributed by atoms with E-state index in [0.717, 1.165) is 55.7 Å². The minimum absolute atomic E-state index is 0.719. The summed E-state index contributed by atoms with van der Waals surface area (Å²) in [6, 6.07) is 5.91. The highest BCUT2D eigenvalue weighted by molar-refractivity contribution is 5.49. The summed E-state index contributed by atoms with van der Waals surface area (Å²) in [5.41, 5.74) is 0. The minimum atomic E-state index is 0.719. The van der Waals surface area contributed by atoms with Gasteiger partial charge in [0.25, 0.3) is 0 Å². The summed E-state index contributed by atoms with van der Waals surface area (Å²) in [6.45, 7) is 8.85. The molecule has 5 nitrogen and oxygen atoms in total. The molecule has 0 aromatic carbocycles. The Bertz CT molecular complexity index is 539. The molecular weight excluding hydrogens is 264 g/mol. The van der Waals surface area contributed by atoms with Gasteiger partial charge in [0, 0.05) is 25.6 Å². The lowest BCUT2D eigenvalue weighted by molar-refractivity contribution is 0.502. The number of aryl methyl sites for hydroxylation is 1. The maximum atomic E-state index is 5.44. The van der Waals surface area contributed by atoms with Gasteiger partial charge in [-0.2, -0.15) is 0 Å². The number of nitrogens with one attached hydrogen (secondary N) is 1. The number of hydrogen-bond acceptors (Lipinski definition) is 5. The summed E-state index contributed by atoms with van der Waals surface area (Å²) in [4.78, 5) is 11.4. The number of hydrogen-bond donors (Lipinski definition) is 1. The van der Waals surface area contributed by atoms with E-state index >= 15 is 0 Å². The first kappa shape index (κ1) is 15.4. The van der Waals surface area contributed by atoms with E-state index in [1.807, 2.05) is 18.2 Å². The zero-order valence-corrected chi connectivity index (χ0v) is 13.1. The largest absolute Gasteiger partial charge is 0.467 e. The van der Waals surface area contributed by atoms with Crippen molar-refractivity contribution in [2.24, 2.45) is 0 Å². The van der Waals surface area contributed by atoms with Gasteiger partial charge in [-0.05, 0) is 25.5 Å². The van der Waals surface area contributed by atoms with Crippen molar-refractivity contribution < 1.29 is 4.42 Å². The predicted molar refractivity (Wildman–Crippen MR) is 85.6 cm³/mol. The van der Waals surface area contributed by atoms with Crippen LogP contribution in [0.4, 0.5) is 11.6 Å². The molecule has 5 heteroatoms. The molecule has 0 unspecified atom stereocenters. The Labute approximate surface area is 126 Å². The zero-order valence-electron chi connectivity index (χ0n) is 13.1. The highest BCUT2D eigenvalue weighted by Gasteiger charge is 2.11. The van der Waals surface area contributed by atoms with Crippen molar-refractivity contribution in [3.63, 3.8) is 0 Å². The first-order valence-corrected chi connectivity index (χ1v) is 7.65. The summed E-state index contributed by atoms with van der Waals surface area (Å²) in [5, 5.41) is 3.35. The number of nitrogens with zero attached hydrogens (tertiary/aromatic N) is 3. The number of anilines is 2. The molecule has 0 radical (unpaired) electrons. The van der Waals surface area contributed by atoms with Gasteiger partial charge in [0.15, 0.2) is 0 Å². The van der Waals surface area contributed by atoms with Crippen LogP contribution in [-0.2, 0) is 13.0 Å². The number of rotatable bonds is 8. The summed E-state index contributed by atoms with van der Waals surface area (Å²) < 4.78 is 5.44. The molecule has 0 atom stereocenters. The Morgan fingerprint density at radius 3 is 2.71 bits per heavy atom. The van der Waals surface area contributed by atoms with Crippen molar-refractivity contribution in [1.29, 1.82) is 0 Å². The Kier molecular flexibility index (Phi) is 5.60. The van der Waals surface area contributed by atoms with E-state index in [1.54, 1.807) is 6.26 Å². The second kappa shape index (κ2) is 7.67. The van der Waals surface area contributed by atoms with Crippen molar-refractivity contribution in [2.45, 2.75) is 40.2 Å². The molecule has 0 amide bonds. The summed E-state index contributed by atoms with van der Waals surface area (Å²) in [6.07, 6.45) is 3.60. The Balaban J connectivity index is 2.22. The van der Waals surface area contributed by atoms with E-state index < -0.39 is 0 Å². The van der Waals surface area contributed by atoms with Gasteiger partial charge in [-0.25, -0.2) is 9.97 Å². The smallest absolute Gasteiger partial charge is 0.134 e. The highest BCUT2D eigenvalue weighted by Crippen LogP contribution is 2.19. The topological polar surface area (TPSA) is 54.2 Å². The van der Waals surface area contributed by atoms with Gasteiger partial charge >= 0.3 is 0 Å². The van der Waals surface area contributed by atoms with Crippen LogP contribution in [0.2, 0.25) is 0 Å². The fourth-order valence-corrected chi connectivity index (χ4v) is 2.09. The second-order valence-electron chi connectivity index (χ2n) is 4.90. The van der Waals surface area contributed by atoms with E-state index in [4.69, 9.17) is 4.42 Å². The van der Waals surface area contributed by atoms with Crippen LogP contribution in [0.1, 0.15) is 38.8 Å². The molecule has 2 aromatic rings. The standard InChI is InChI=1S/C16H24N4O/c1-4-9-17-15-11-16(19-14(5-2)18-15)20(6-3)12-13-8-7-10-21-13/h7-8,10-11H,4-6,9,12H2,1-3H3,(H,17,18,19). The zero-order chi connectivity index (χ0) is 15.1. The van der Waals surface area contributed by atoms with Crippen molar-refractivity contribution >= 4 is 11.6 Å². The molecule has 0 saturated heterocycles. The molecule has 2 aromatic heterocycles. The van der Waals surface area contributed by atoms with Crippen molar-refractivity contribution in [3.8, 4) is 0 Å². The molecule has 0 aliphatic heterocycles. The SMILES string of the molecule is CCCNc1cc(N(CC)Cc2ccco2)nc(CC)n1. The molecule has 114 valence electrons. The van der Waals surface area contributed by atoms with Crippen LogP contribution in [-0.4, -0.2) is 23.1 Å². The normalized spacial score (nSPS) is 10.6. The molecule has 2 rings (SSSR count). The molecular formula is C16H24N4O. The third-order valence-corrected chi connectivity index (χ3v) is 3.26. The summed E-state index contributed by atoms with van der Waals surface area (Å²) in [5.74, 6) is 3.65.